The normalized spacial score (nSPS) is 16.4. The largest absolute Gasteiger partial charge is 0.415 e. The minimum atomic E-state index is -4.29. The molecule has 13 heavy (non-hydrogen) atoms. The van der Waals surface area contributed by atoms with Gasteiger partial charge in [-0.1, -0.05) is 20.8 Å². The molecule has 0 aliphatic carbocycles. The van der Waals surface area contributed by atoms with Crippen molar-refractivity contribution in [3.8, 4) is 0 Å². The van der Waals surface area contributed by atoms with Crippen molar-refractivity contribution in [3.05, 3.63) is 0 Å². The third-order valence-corrected chi connectivity index (χ3v) is 1.49. The molecule has 0 aromatic carbocycles. The summed E-state index contributed by atoms with van der Waals surface area (Å²) in [7, 11) is 0. The van der Waals surface area contributed by atoms with Crippen LogP contribution in [0.15, 0.2) is 0 Å². The van der Waals surface area contributed by atoms with Gasteiger partial charge in [0, 0.05) is 0 Å². The van der Waals surface area contributed by atoms with Crippen molar-refractivity contribution in [3.63, 3.8) is 0 Å². The van der Waals surface area contributed by atoms with Gasteiger partial charge in [-0.05, 0) is 19.3 Å². The Kier molecular flexibility index (Phi) is 3.79. The third-order valence-electron chi connectivity index (χ3n) is 1.49. The van der Waals surface area contributed by atoms with Gasteiger partial charge >= 0.3 is 6.18 Å². The van der Waals surface area contributed by atoms with Gasteiger partial charge in [-0.2, -0.15) is 13.2 Å². The molecule has 0 radical (unpaired) electrons. The number of hydrogen-bond donors (Lipinski definition) is 0. The molecule has 0 spiro atoms. The van der Waals surface area contributed by atoms with Gasteiger partial charge in [0.1, 0.15) is 0 Å². The highest BCUT2D eigenvalue weighted by Gasteiger charge is 2.48. The first kappa shape index (κ1) is 12.8. The Balaban J connectivity index is 4.58. The summed E-state index contributed by atoms with van der Waals surface area (Å²) in [4.78, 5) is 0. The molecule has 0 saturated carbocycles. The first-order valence-electron chi connectivity index (χ1n) is 4.27. The van der Waals surface area contributed by atoms with E-state index in [2.05, 4.69) is 0 Å². The fraction of sp³-hybridized carbons (Fsp3) is 1.00. The van der Waals surface area contributed by atoms with E-state index < -0.39 is 23.8 Å². The van der Waals surface area contributed by atoms with Gasteiger partial charge in [0.25, 0.3) is 0 Å². The summed E-state index contributed by atoms with van der Waals surface area (Å²) in [5.41, 5.74) is -0.914. The summed E-state index contributed by atoms with van der Waals surface area (Å²) in [6.45, 7) is 7.77. The second-order valence-corrected chi connectivity index (χ2v) is 4.47. The van der Waals surface area contributed by atoms with Crippen LogP contribution in [0.3, 0.4) is 0 Å². The smallest absolute Gasteiger partial charge is 0.366 e. The van der Waals surface area contributed by atoms with Crippen LogP contribution in [0.4, 0.5) is 13.2 Å². The second-order valence-electron chi connectivity index (χ2n) is 4.47. The van der Waals surface area contributed by atoms with Crippen LogP contribution in [-0.2, 0) is 4.74 Å². The number of rotatable bonds is 2. The molecule has 0 aromatic heterocycles. The van der Waals surface area contributed by atoms with E-state index in [1.807, 2.05) is 0 Å². The zero-order valence-corrected chi connectivity index (χ0v) is 8.70. The molecule has 0 aliphatic rings. The van der Waals surface area contributed by atoms with Crippen molar-refractivity contribution in [2.45, 2.75) is 53.0 Å². The van der Waals surface area contributed by atoms with Gasteiger partial charge in [-0.15, -0.1) is 0 Å². The Morgan fingerprint density at radius 2 is 1.38 bits per heavy atom. The first-order chi connectivity index (χ1) is 5.55. The Morgan fingerprint density at radius 3 is 1.46 bits per heavy atom. The lowest BCUT2D eigenvalue weighted by Crippen LogP contribution is -2.43. The van der Waals surface area contributed by atoms with Crippen LogP contribution in [0, 0.1) is 5.41 Å². The molecule has 0 unspecified atom stereocenters. The van der Waals surface area contributed by atoms with Crippen molar-refractivity contribution in [1.82, 2.24) is 0 Å². The summed E-state index contributed by atoms with van der Waals surface area (Å²) in [6, 6.07) is 0. The van der Waals surface area contributed by atoms with Crippen LogP contribution in [0.2, 0.25) is 0 Å². The van der Waals surface area contributed by atoms with Crippen LogP contribution >= 0.6 is 0 Å². The second kappa shape index (κ2) is 3.86. The van der Waals surface area contributed by atoms with E-state index in [-0.39, 0.29) is 0 Å². The average Bonchev–Trinajstić information content (AvgIpc) is 1.77. The van der Waals surface area contributed by atoms with Crippen molar-refractivity contribution >= 4 is 0 Å². The number of alkyl halides is 3. The Hall–Kier alpha value is -0.250. The van der Waals surface area contributed by atoms with E-state index in [4.69, 9.17) is 4.74 Å². The van der Waals surface area contributed by atoms with E-state index in [0.717, 1.165) is 0 Å². The highest BCUT2D eigenvalue weighted by atomic mass is 19.4. The van der Waals surface area contributed by atoms with E-state index >= 15 is 0 Å². The van der Waals surface area contributed by atoms with Crippen LogP contribution in [0.1, 0.15) is 34.6 Å². The summed E-state index contributed by atoms with van der Waals surface area (Å²) in [5, 5.41) is 0. The molecule has 0 aromatic rings. The summed E-state index contributed by atoms with van der Waals surface area (Å²) in [5.74, 6) is 0. The molecule has 1 nitrogen and oxygen atoms in total. The zero-order valence-electron chi connectivity index (χ0n) is 8.70. The minimum absolute atomic E-state index is 0.411. The molecule has 0 saturated heterocycles. The molecular weight excluding hydrogens is 181 g/mol. The lowest BCUT2D eigenvalue weighted by atomic mass is 9.88. The van der Waals surface area contributed by atoms with Gasteiger partial charge < -0.3 is 4.74 Å². The highest BCUT2D eigenvalue weighted by molar-refractivity contribution is 4.81. The van der Waals surface area contributed by atoms with Crippen LogP contribution in [0.25, 0.3) is 0 Å². The molecule has 0 fully saturated rings. The monoisotopic (exact) mass is 198 g/mol. The van der Waals surface area contributed by atoms with Gasteiger partial charge in [-0.3, -0.25) is 0 Å². The first-order valence-corrected chi connectivity index (χ1v) is 4.27. The molecule has 1 atom stereocenters. The van der Waals surface area contributed by atoms with Crippen molar-refractivity contribution < 1.29 is 17.9 Å². The van der Waals surface area contributed by atoms with Crippen molar-refractivity contribution in [2.24, 2.45) is 5.41 Å². The van der Waals surface area contributed by atoms with Crippen LogP contribution < -0.4 is 0 Å². The third kappa shape index (κ3) is 4.50. The van der Waals surface area contributed by atoms with Crippen LogP contribution in [-0.4, -0.2) is 18.4 Å². The minimum Gasteiger partial charge on any atom is -0.366 e. The molecule has 0 bridgehead atoms. The molecular formula is C9H17F3O. The summed E-state index contributed by atoms with van der Waals surface area (Å²) < 4.78 is 42.2. The number of halogens is 3. The van der Waals surface area contributed by atoms with Crippen molar-refractivity contribution in [1.29, 1.82) is 0 Å². The quantitative estimate of drug-likeness (QED) is 0.660. The molecule has 0 rings (SSSR count). The maximum absolute atomic E-state index is 12.5. The Labute approximate surface area is 77.3 Å². The SMILES string of the molecule is CC(C)O[C@@H](C(C)(C)C)C(F)(F)F. The van der Waals surface area contributed by atoms with E-state index in [1.165, 1.54) is 20.8 Å². The van der Waals surface area contributed by atoms with Gasteiger partial charge in [0.05, 0.1) is 6.10 Å². The summed E-state index contributed by atoms with van der Waals surface area (Å²) >= 11 is 0. The van der Waals surface area contributed by atoms with E-state index in [0.29, 0.717) is 0 Å². The van der Waals surface area contributed by atoms with Gasteiger partial charge in [0.2, 0.25) is 0 Å². The topological polar surface area (TPSA) is 9.23 Å². The zero-order chi connectivity index (χ0) is 10.9. The molecule has 0 heterocycles. The Morgan fingerprint density at radius 1 is 1.00 bits per heavy atom. The fourth-order valence-corrected chi connectivity index (χ4v) is 1.04. The van der Waals surface area contributed by atoms with Crippen molar-refractivity contribution in [2.75, 3.05) is 0 Å². The van der Waals surface area contributed by atoms with Crippen LogP contribution in [0.5, 0.6) is 0 Å². The van der Waals surface area contributed by atoms with Gasteiger partial charge in [0.15, 0.2) is 6.10 Å². The lowest BCUT2D eigenvalue weighted by molar-refractivity contribution is -0.257. The summed E-state index contributed by atoms with van der Waals surface area (Å²) in [6.07, 6.45) is -6.39. The molecule has 0 aliphatic heterocycles. The predicted molar refractivity (Wildman–Crippen MR) is 45.5 cm³/mol. The maximum Gasteiger partial charge on any atom is 0.415 e. The number of hydrogen-bond acceptors (Lipinski definition) is 1. The lowest BCUT2D eigenvalue weighted by Gasteiger charge is -2.33. The number of ether oxygens (including phenoxy) is 1. The Bertz CT molecular complexity index is 141. The van der Waals surface area contributed by atoms with Gasteiger partial charge in [-0.25, -0.2) is 0 Å². The maximum atomic E-state index is 12.5. The molecule has 4 heteroatoms. The molecule has 80 valence electrons. The van der Waals surface area contributed by atoms with E-state index in [1.54, 1.807) is 13.8 Å². The molecule has 0 N–H and O–H groups in total. The van der Waals surface area contributed by atoms with E-state index in [9.17, 15) is 13.2 Å². The highest BCUT2D eigenvalue weighted by Crippen LogP contribution is 2.36. The molecule has 0 amide bonds. The standard InChI is InChI=1S/C9H17F3O/c1-6(2)13-7(8(3,4)5)9(10,11)12/h6-7H,1-5H3/t7-/m0/s1. The fourth-order valence-electron chi connectivity index (χ4n) is 1.04. The average molecular weight is 198 g/mol. The predicted octanol–water partition coefficient (Wildman–Crippen LogP) is 3.39.